The molecule has 1 aromatic rings. The quantitative estimate of drug-likeness (QED) is 0.763. The number of hydrogen-bond acceptors (Lipinski definition) is 2. The van der Waals surface area contributed by atoms with Crippen molar-refractivity contribution in [3.05, 3.63) is 34.3 Å². The number of allylic oxidation sites excluding steroid dienone is 2. The number of H-pyrrole nitrogens is 1. The third-order valence-electron chi connectivity index (χ3n) is 2.98. The molecule has 1 N–H and O–H groups in total. The molecule has 0 saturated carbocycles. The molecule has 0 unspecified atom stereocenters. The highest BCUT2D eigenvalue weighted by atomic mass is 16.1. The van der Waals surface area contributed by atoms with Crippen molar-refractivity contribution in [1.29, 1.82) is 0 Å². The molecule has 1 aliphatic carbocycles. The Morgan fingerprint density at radius 1 is 1.40 bits per heavy atom. The van der Waals surface area contributed by atoms with Gasteiger partial charge in [-0.2, -0.15) is 5.10 Å². The van der Waals surface area contributed by atoms with Crippen LogP contribution in [0.2, 0.25) is 0 Å². The first-order valence-corrected chi connectivity index (χ1v) is 5.32. The summed E-state index contributed by atoms with van der Waals surface area (Å²) in [5.41, 5.74) is 2.43. The molecule has 1 aliphatic rings. The van der Waals surface area contributed by atoms with Gasteiger partial charge in [-0.15, -0.1) is 0 Å². The summed E-state index contributed by atoms with van der Waals surface area (Å²) in [6.07, 6.45) is 5.55. The predicted molar refractivity (Wildman–Crippen MR) is 60.5 cm³/mol. The molecule has 80 valence electrons. The minimum atomic E-state index is -0.143. The van der Waals surface area contributed by atoms with E-state index in [0.29, 0.717) is 5.41 Å². The van der Waals surface area contributed by atoms with Crippen molar-refractivity contribution in [2.24, 2.45) is 5.41 Å². The van der Waals surface area contributed by atoms with Crippen molar-refractivity contribution < 1.29 is 0 Å². The van der Waals surface area contributed by atoms with E-state index in [1.807, 2.05) is 0 Å². The Morgan fingerprint density at radius 2 is 2.20 bits per heavy atom. The summed E-state index contributed by atoms with van der Waals surface area (Å²) in [5, 5.41) is 6.52. The maximum Gasteiger partial charge on any atom is 0.264 e. The van der Waals surface area contributed by atoms with Crippen LogP contribution in [0.5, 0.6) is 0 Å². The monoisotopic (exact) mass is 204 g/mol. The fourth-order valence-corrected chi connectivity index (χ4v) is 1.83. The van der Waals surface area contributed by atoms with Crippen molar-refractivity contribution in [2.75, 3.05) is 0 Å². The molecule has 1 heterocycles. The van der Waals surface area contributed by atoms with Crippen LogP contribution in [0.25, 0.3) is 5.57 Å². The predicted octanol–water partition coefficient (Wildman–Crippen LogP) is 2.36. The van der Waals surface area contributed by atoms with Gasteiger partial charge in [0.1, 0.15) is 0 Å². The summed E-state index contributed by atoms with van der Waals surface area (Å²) < 4.78 is 0. The molecule has 1 aromatic heterocycles. The molecule has 3 nitrogen and oxygen atoms in total. The van der Waals surface area contributed by atoms with E-state index < -0.39 is 0 Å². The van der Waals surface area contributed by atoms with Gasteiger partial charge >= 0.3 is 0 Å². The molecular weight excluding hydrogens is 188 g/mol. The van der Waals surface area contributed by atoms with Gasteiger partial charge in [0.25, 0.3) is 5.56 Å². The van der Waals surface area contributed by atoms with Crippen LogP contribution >= 0.6 is 0 Å². The number of aromatic amines is 1. The Hall–Kier alpha value is -1.38. The molecule has 0 saturated heterocycles. The third-order valence-corrected chi connectivity index (χ3v) is 2.98. The second-order valence-electron chi connectivity index (χ2n) is 4.90. The van der Waals surface area contributed by atoms with Crippen LogP contribution in [0, 0.1) is 5.41 Å². The lowest BCUT2D eigenvalue weighted by molar-refractivity contribution is 0.334. The first kappa shape index (κ1) is 10.1. The highest BCUT2D eigenvalue weighted by Crippen LogP contribution is 2.36. The fourth-order valence-electron chi connectivity index (χ4n) is 1.83. The standard InChI is InChI=1S/C12H16N2O/c1-12(2)7-5-9(6-8-12)10-3-4-11(15)14-13-10/h3-5H,6-8H2,1-2H3,(H,14,15). The van der Waals surface area contributed by atoms with Crippen LogP contribution in [0.15, 0.2) is 23.0 Å². The van der Waals surface area contributed by atoms with Crippen LogP contribution in [0.3, 0.4) is 0 Å². The van der Waals surface area contributed by atoms with Crippen molar-refractivity contribution in [2.45, 2.75) is 33.1 Å². The van der Waals surface area contributed by atoms with Crippen LogP contribution in [-0.4, -0.2) is 10.2 Å². The molecule has 0 amide bonds. The Labute approximate surface area is 89.2 Å². The lowest BCUT2D eigenvalue weighted by Crippen LogP contribution is -2.15. The van der Waals surface area contributed by atoms with Crippen molar-refractivity contribution in [1.82, 2.24) is 10.2 Å². The van der Waals surface area contributed by atoms with Crippen LogP contribution in [0.4, 0.5) is 0 Å². The van der Waals surface area contributed by atoms with E-state index >= 15 is 0 Å². The summed E-state index contributed by atoms with van der Waals surface area (Å²) in [5.74, 6) is 0. The number of rotatable bonds is 1. The molecule has 0 atom stereocenters. The topological polar surface area (TPSA) is 45.8 Å². The van der Waals surface area contributed by atoms with Gasteiger partial charge in [0.05, 0.1) is 5.69 Å². The summed E-state index contributed by atoms with van der Waals surface area (Å²) in [7, 11) is 0. The van der Waals surface area contributed by atoms with Crippen molar-refractivity contribution >= 4 is 5.57 Å². The maximum absolute atomic E-state index is 10.9. The lowest BCUT2D eigenvalue weighted by atomic mass is 9.78. The molecule has 0 aliphatic heterocycles. The minimum Gasteiger partial charge on any atom is -0.268 e. The molecule has 0 fully saturated rings. The van der Waals surface area contributed by atoms with E-state index in [0.717, 1.165) is 18.5 Å². The number of nitrogens with one attached hydrogen (secondary N) is 1. The maximum atomic E-state index is 10.9. The van der Waals surface area contributed by atoms with E-state index in [-0.39, 0.29) is 5.56 Å². The van der Waals surface area contributed by atoms with Gasteiger partial charge in [-0.3, -0.25) is 4.79 Å². The first-order valence-electron chi connectivity index (χ1n) is 5.32. The van der Waals surface area contributed by atoms with Gasteiger partial charge in [0, 0.05) is 6.07 Å². The van der Waals surface area contributed by atoms with Gasteiger partial charge in [-0.25, -0.2) is 5.10 Å². The highest BCUT2D eigenvalue weighted by molar-refractivity contribution is 5.62. The van der Waals surface area contributed by atoms with Gasteiger partial charge < -0.3 is 0 Å². The second-order valence-corrected chi connectivity index (χ2v) is 4.90. The SMILES string of the molecule is CC1(C)CC=C(c2ccc(=O)[nH]n2)CC1. The van der Waals surface area contributed by atoms with E-state index in [1.54, 1.807) is 6.07 Å². The molecule has 15 heavy (non-hydrogen) atoms. The summed E-state index contributed by atoms with van der Waals surface area (Å²) in [6.45, 7) is 4.56. The van der Waals surface area contributed by atoms with Gasteiger partial charge in [0.15, 0.2) is 0 Å². The zero-order valence-electron chi connectivity index (χ0n) is 9.21. The Bertz CT molecular complexity index is 423. The third kappa shape index (κ3) is 2.35. The summed E-state index contributed by atoms with van der Waals surface area (Å²) >= 11 is 0. The van der Waals surface area contributed by atoms with Gasteiger partial charge in [-0.1, -0.05) is 19.9 Å². The first-order chi connectivity index (χ1) is 7.07. The van der Waals surface area contributed by atoms with Crippen LogP contribution in [-0.2, 0) is 0 Å². The largest absolute Gasteiger partial charge is 0.268 e. The average molecular weight is 204 g/mol. The molecule has 0 radical (unpaired) electrons. The van der Waals surface area contributed by atoms with Crippen molar-refractivity contribution in [3.8, 4) is 0 Å². The Kier molecular flexibility index (Phi) is 2.47. The van der Waals surface area contributed by atoms with E-state index in [9.17, 15) is 4.79 Å². The van der Waals surface area contributed by atoms with Gasteiger partial charge in [0.2, 0.25) is 0 Å². The average Bonchev–Trinajstić information content (AvgIpc) is 2.20. The number of nitrogens with zero attached hydrogens (tertiary/aromatic N) is 1. The molecule has 0 spiro atoms. The second kappa shape index (κ2) is 3.65. The lowest BCUT2D eigenvalue weighted by Gasteiger charge is -2.28. The summed E-state index contributed by atoms with van der Waals surface area (Å²) in [6, 6.07) is 3.33. The fraction of sp³-hybridized carbons (Fsp3) is 0.500. The molecule has 3 heteroatoms. The van der Waals surface area contributed by atoms with Crippen LogP contribution in [0.1, 0.15) is 38.8 Å². The molecule has 0 bridgehead atoms. The van der Waals surface area contributed by atoms with Crippen molar-refractivity contribution in [3.63, 3.8) is 0 Å². The van der Waals surface area contributed by atoms with E-state index in [1.165, 1.54) is 18.1 Å². The molecular formula is C12H16N2O. The smallest absolute Gasteiger partial charge is 0.264 e. The minimum absolute atomic E-state index is 0.143. The van der Waals surface area contributed by atoms with E-state index in [2.05, 4.69) is 30.1 Å². The molecule has 0 aromatic carbocycles. The summed E-state index contributed by atoms with van der Waals surface area (Å²) in [4.78, 5) is 10.9. The zero-order valence-corrected chi connectivity index (χ0v) is 9.21. The normalized spacial score (nSPS) is 19.7. The Morgan fingerprint density at radius 3 is 2.73 bits per heavy atom. The number of aromatic nitrogens is 2. The van der Waals surface area contributed by atoms with Gasteiger partial charge in [-0.05, 0) is 36.3 Å². The highest BCUT2D eigenvalue weighted by Gasteiger charge is 2.22. The number of hydrogen-bond donors (Lipinski definition) is 1. The molecule has 2 rings (SSSR count). The van der Waals surface area contributed by atoms with E-state index in [4.69, 9.17) is 0 Å². The van der Waals surface area contributed by atoms with Crippen LogP contribution < -0.4 is 5.56 Å². The zero-order chi connectivity index (χ0) is 10.9. The Balaban J connectivity index is 2.23.